The molecule has 1 aliphatic heterocycles. The molecule has 0 unspecified atom stereocenters. The van der Waals surface area contributed by atoms with Crippen molar-refractivity contribution in [3.63, 3.8) is 0 Å². The third-order valence-electron chi connectivity index (χ3n) is 4.05. The number of hydrogen-bond donors (Lipinski definition) is 1. The highest BCUT2D eigenvalue weighted by Gasteiger charge is 2.21. The zero-order chi connectivity index (χ0) is 14.3. The molecule has 2 atom stereocenters. The molecule has 0 radical (unpaired) electrons. The van der Waals surface area contributed by atoms with Gasteiger partial charge in [0, 0.05) is 32.0 Å². The molecule has 2 heterocycles. The summed E-state index contributed by atoms with van der Waals surface area (Å²) in [5.41, 5.74) is 2.43. The molecule has 1 saturated heterocycles. The minimum Gasteiger partial charge on any atom is -0.381 e. The summed E-state index contributed by atoms with van der Waals surface area (Å²) in [5, 5.41) is 3.66. The van der Waals surface area contributed by atoms with Crippen LogP contribution in [0.3, 0.4) is 0 Å². The minimum atomic E-state index is 0.361. The molecule has 0 bridgehead atoms. The predicted molar refractivity (Wildman–Crippen MR) is 83.8 cm³/mol. The summed E-state index contributed by atoms with van der Waals surface area (Å²) in [6, 6.07) is 17.1. The molecule has 1 fully saturated rings. The lowest BCUT2D eigenvalue weighted by molar-refractivity contribution is 0.181. The van der Waals surface area contributed by atoms with Gasteiger partial charge in [-0.2, -0.15) is 0 Å². The van der Waals surface area contributed by atoms with Gasteiger partial charge in [0.05, 0.1) is 5.69 Å². The Balaban J connectivity index is 1.66. The quantitative estimate of drug-likeness (QED) is 0.882. The Morgan fingerprint density at radius 3 is 2.71 bits per heavy atom. The molecule has 21 heavy (non-hydrogen) atoms. The Morgan fingerprint density at radius 1 is 1.14 bits per heavy atom. The van der Waals surface area contributed by atoms with Crippen molar-refractivity contribution in [1.29, 1.82) is 0 Å². The highest BCUT2D eigenvalue weighted by molar-refractivity contribution is 5.19. The number of ether oxygens (including phenoxy) is 1. The average molecular weight is 282 g/mol. The van der Waals surface area contributed by atoms with Gasteiger partial charge in [0.2, 0.25) is 0 Å². The summed E-state index contributed by atoms with van der Waals surface area (Å²) in [6.45, 7) is 2.61. The van der Waals surface area contributed by atoms with Gasteiger partial charge in [-0.15, -0.1) is 0 Å². The lowest BCUT2D eigenvalue weighted by Gasteiger charge is -2.22. The van der Waals surface area contributed by atoms with E-state index in [0.29, 0.717) is 12.0 Å². The molecule has 2 aromatic rings. The van der Waals surface area contributed by atoms with Gasteiger partial charge < -0.3 is 10.1 Å². The number of nitrogens with zero attached hydrogens (tertiary/aromatic N) is 1. The van der Waals surface area contributed by atoms with Crippen LogP contribution in [-0.4, -0.2) is 18.2 Å². The van der Waals surface area contributed by atoms with Crippen molar-refractivity contribution < 1.29 is 4.74 Å². The van der Waals surface area contributed by atoms with E-state index in [2.05, 4.69) is 46.7 Å². The molecule has 1 aromatic carbocycles. The maximum absolute atomic E-state index is 5.52. The number of aromatic nitrogens is 1. The zero-order valence-corrected chi connectivity index (χ0v) is 12.2. The molecule has 3 nitrogen and oxygen atoms in total. The Bertz CT molecular complexity index is 523. The molecule has 1 aliphatic rings. The largest absolute Gasteiger partial charge is 0.381 e. The van der Waals surface area contributed by atoms with Crippen molar-refractivity contribution in [3.8, 4) is 0 Å². The van der Waals surface area contributed by atoms with Crippen molar-refractivity contribution in [1.82, 2.24) is 10.3 Å². The van der Waals surface area contributed by atoms with E-state index in [4.69, 9.17) is 4.74 Å². The molecule has 0 spiro atoms. The van der Waals surface area contributed by atoms with Crippen LogP contribution in [0.1, 0.15) is 30.1 Å². The summed E-state index contributed by atoms with van der Waals surface area (Å²) in [7, 11) is 0. The van der Waals surface area contributed by atoms with Gasteiger partial charge in [-0.3, -0.25) is 4.98 Å². The van der Waals surface area contributed by atoms with E-state index in [1.54, 1.807) is 0 Å². The van der Waals surface area contributed by atoms with Gasteiger partial charge in [0.15, 0.2) is 0 Å². The monoisotopic (exact) mass is 282 g/mol. The molecular formula is C18H22N2O. The van der Waals surface area contributed by atoms with E-state index in [1.165, 1.54) is 12.0 Å². The van der Waals surface area contributed by atoms with Crippen molar-refractivity contribution in [3.05, 3.63) is 66.0 Å². The summed E-state index contributed by atoms with van der Waals surface area (Å²) in [5.74, 6) is 0.659. The molecule has 110 valence electrons. The first-order chi connectivity index (χ1) is 10.4. The lowest BCUT2D eigenvalue weighted by Crippen LogP contribution is -2.24. The van der Waals surface area contributed by atoms with Crippen LogP contribution >= 0.6 is 0 Å². The van der Waals surface area contributed by atoms with E-state index < -0.39 is 0 Å². The van der Waals surface area contributed by atoms with Crippen LogP contribution < -0.4 is 5.32 Å². The number of rotatable bonds is 6. The van der Waals surface area contributed by atoms with Crippen molar-refractivity contribution in [2.75, 3.05) is 13.2 Å². The molecule has 1 aromatic heterocycles. The number of benzene rings is 1. The van der Waals surface area contributed by atoms with E-state index in [1.807, 2.05) is 18.3 Å². The minimum absolute atomic E-state index is 0.361. The summed E-state index contributed by atoms with van der Waals surface area (Å²) in [6.07, 6.45) is 4.14. The van der Waals surface area contributed by atoms with Gasteiger partial charge in [-0.25, -0.2) is 0 Å². The first kappa shape index (κ1) is 14.2. The van der Waals surface area contributed by atoms with Gasteiger partial charge in [0.25, 0.3) is 0 Å². The van der Waals surface area contributed by atoms with Crippen molar-refractivity contribution in [2.45, 2.75) is 25.4 Å². The molecule has 3 rings (SSSR count). The van der Waals surface area contributed by atoms with Crippen LogP contribution in [0.2, 0.25) is 0 Å². The maximum Gasteiger partial charge on any atom is 0.0541 e. The topological polar surface area (TPSA) is 34.1 Å². The molecule has 0 amide bonds. The normalized spacial score (nSPS) is 19.5. The van der Waals surface area contributed by atoms with Gasteiger partial charge in [-0.05, 0) is 36.5 Å². The molecule has 3 heteroatoms. The lowest BCUT2D eigenvalue weighted by atomic mass is 9.94. The average Bonchev–Trinajstić information content (AvgIpc) is 3.06. The first-order valence-electron chi connectivity index (χ1n) is 7.68. The Labute approximate surface area is 126 Å². The third kappa shape index (κ3) is 4.13. The molecule has 0 aliphatic carbocycles. The second-order valence-electron chi connectivity index (χ2n) is 5.63. The smallest absolute Gasteiger partial charge is 0.0541 e. The Morgan fingerprint density at radius 2 is 2.00 bits per heavy atom. The summed E-state index contributed by atoms with van der Waals surface area (Å²) >= 11 is 0. The fraction of sp³-hybridized carbons (Fsp3) is 0.389. The zero-order valence-electron chi connectivity index (χ0n) is 12.2. The number of pyridine rings is 1. The van der Waals surface area contributed by atoms with Crippen LogP contribution in [0.5, 0.6) is 0 Å². The van der Waals surface area contributed by atoms with E-state index in [0.717, 1.165) is 31.9 Å². The highest BCUT2D eigenvalue weighted by Crippen LogP contribution is 2.26. The summed E-state index contributed by atoms with van der Waals surface area (Å²) < 4.78 is 5.52. The van der Waals surface area contributed by atoms with Gasteiger partial charge >= 0.3 is 0 Å². The van der Waals surface area contributed by atoms with Crippen LogP contribution in [-0.2, 0) is 11.3 Å². The van der Waals surface area contributed by atoms with Crippen LogP contribution in [0.15, 0.2) is 54.7 Å². The van der Waals surface area contributed by atoms with Gasteiger partial charge in [-0.1, -0.05) is 36.4 Å². The first-order valence-corrected chi connectivity index (χ1v) is 7.68. The molecule has 1 N–H and O–H groups in total. The fourth-order valence-electron chi connectivity index (χ4n) is 2.86. The Kier molecular flexibility index (Phi) is 4.98. The number of hydrogen-bond acceptors (Lipinski definition) is 3. The highest BCUT2D eigenvalue weighted by atomic mass is 16.5. The van der Waals surface area contributed by atoms with E-state index in [-0.39, 0.29) is 0 Å². The van der Waals surface area contributed by atoms with E-state index in [9.17, 15) is 0 Å². The summed E-state index contributed by atoms with van der Waals surface area (Å²) in [4.78, 5) is 4.39. The van der Waals surface area contributed by atoms with Crippen molar-refractivity contribution >= 4 is 0 Å². The van der Waals surface area contributed by atoms with Gasteiger partial charge in [0.1, 0.15) is 0 Å². The van der Waals surface area contributed by atoms with Crippen molar-refractivity contribution in [2.24, 2.45) is 5.92 Å². The maximum atomic E-state index is 5.52. The standard InChI is InChI=1S/C18H22N2O/c1-2-6-16(7-3-1)18(12-15-9-11-21-14-15)20-13-17-8-4-5-10-19-17/h1-8,10,15,18,20H,9,11-14H2/t15-,18-/m0/s1. The molecule has 0 saturated carbocycles. The van der Waals surface area contributed by atoms with Crippen LogP contribution in [0, 0.1) is 5.92 Å². The predicted octanol–water partition coefficient (Wildman–Crippen LogP) is 3.34. The second kappa shape index (κ2) is 7.34. The number of nitrogens with one attached hydrogen (secondary N) is 1. The van der Waals surface area contributed by atoms with Crippen LogP contribution in [0.25, 0.3) is 0 Å². The second-order valence-corrected chi connectivity index (χ2v) is 5.63. The fourth-order valence-corrected chi connectivity index (χ4v) is 2.86. The Hall–Kier alpha value is -1.71. The SMILES string of the molecule is c1ccc([C@H](C[C@@H]2CCOC2)NCc2ccccn2)cc1. The van der Waals surface area contributed by atoms with E-state index >= 15 is 0 Å². The molecular weight excluding hydrogens is 260 g/mol. The third-order valence-corrected chi connectivity index (χ3v) is 4.05. The van der Waals surface area contributed by atoms with Crippen LogP contribution in [0.4, 0.5) is 0 Å².